The molecule has 0 bridgehead atoms. The quantitative estimate of drug-likeness (QED) is 0.784. The minimum atomic E-state index is -3.59. The van der Waals surface area contributed by atoms with Gasteiger partial charge in [0.05, 0.1) is 20.0 Å². The number of nitrogens with two attached hydrogens (primary N) is 1. The van der Waals surface area contributed by atoms with Crippen molar-refractivity contribution in [3.63, 3.8) is 0 Å². The summed E-state index contributed by atoms with van der Waals surface area (Å²) in [6.45, 7) is 0. The lowest BCUT2D eigenvalue weighted by Gasteiger charge is -2.04. The lowest BCUT2D eigenvalue weighted by molar-refractivity contribution is 0.596. The molecule has 2 N–H and O–H groups in total. The smallest absolute Gasteiger partial charge is 0.206 e. The van der Waals surface area contributed by atoms with Gasteiger partial charge in [0.1, 0.15) is 0 Å². The fraction of sp³-hybridized carbons (Fsp3) is 0. The maximum absolute atomic E-state index is 12.5. The molecule has 0 spiro atoms. The van der Waals surface area contributed by atoms with Gasteiger partial charge in [-0.3, -0.25) is 0 Å². The Kier molecular flexibility index (Phi) is 3.16. The summed E-state index contributed by atoms with van der Waals surface area (Å²) >= 11 is 7.10. The standard InChI is InChI=1S/C13H9ClN2O2S2/c14-8-2-1-3-9(6-8)20(17,18)10-4-5-11-12(7-10)19-13(15)16-11/h1-7H,(H2,15,16). The molecular weight excluding hydrogens is 316 g/mol. The van der Waals surface area contributed by atoms with Crippen LogP contribution in [0.15, 0.2) is 52.3 Å². The Morgan fingerprint density at radius 2 is 1.85 bits per heavy atom. The number of thiazole rings is 1. The molecule has 102 valence electrons. The third-order valence-corrected chi connectivity index (χ3v) is 5.62. The molecule has 20 heavy (non-hydrogen) atoms. The van der Waals surface area contributed by atoms with E-state index in [1.54, 1.807) is 24.3 Å². The van der Waals surface area contributed by atoms with E-state index in [0.717, 1.165) is 4.70 Å². The van der Waals surface area contributed by atoms with E-state index in [-0.39, 0.29) is 9.79 Å². The molecule has 7 heteroatoms. The lowest BCUT2D eigenvalue weighted by atomic mass is 10.3. The highest BCUT2D eigenvalue weighted by molar-refractivity contribution is 7.91. The van der Waals surface area contributed by atoms with E-state index in [4.69, 9.17) is 17.3 Å². The zero-order valence-corrected chi connectivity index (χ0v) is 12.5. The molecule has 0 amide bonds. The van der Waals surface area contributed by atoms with Crippen LogP contribution in [-0.2, 0) is 9.84 Å². The van der Waals surface area contributed by atoms with Crippen LogP contribution in [0.4, 0.5) is 5.13 Å². The van der Waals surface area contributed by atoms with Crippen LogP contribution in [-0.4, -0.2) is 13.4 Å². The summed E-state index contributed by atoms with van der Waals surface area (Å²) in [4.78, 5) is 4.48. The van der Waals surface area contributed by atoms with Crippen molar-refractivity contribution in [3.8, 4) is 0 Å². The van der Waals surface area contributed by atoms with Gasteiger partial charge in [-0.25, -0.2) is 13.4 Å². The number of sulfone groups is 1. The third kappa shape index (κ3) is 2.26. The maximum Gasteiger partial charge on any atom is 0.206 e. The van der Waals surface area contributed by atoms with Gasteiger partial charge in [-0.1, -0.05) is 29.0 Å². The van der Waals surface area contributed by atoms with E-state index >= 15 is 0 Å². The van der Waals surface area contributed by atoms with Crippen molar-refractivity contribution in [2.24, 2.45) is 0 Å². The number of halogens is 1. The predicted octanol–water partition coefficient (Wildman–Crippen LogP) is 3.36. The van der Waals surface area contributed by atoms with Crippen LogP contribution in [0.5, 0.6) is 0 Å². The minimum Gasteiger partial charge on any atom is -0.375 e. The summed E-state index contributed by atoms with van der Waals surface area (Å²) in [5.74, 6) is 0. The van der Waals surface area contributed by atoms with Crippen LogP contribution >= 0.6 is 22.9 Å². The Labute approximate surface area is 124 Å². The maximum atomic E-state index is 12.5. The van der Waals surface area contributed by atoms with Crippen molar-refractivity contribution in [2.45, 2.75) is 9.79 Å². The Balaban J connectivity index is 2.18. The summed E-state index contributed by atoms with van der Waals surface area (Å²) in [7, 11) is -3.59. The van der Waals surface area contributed by atoms with Gasteiger partial charge in [0.15, 0.2) is 5.13 Å². The van der Waals surface area contributed by atoms with Crippen LogP contribution in [0.1, 0.15) is 0 Å². The predicted molar refractivity (Wildman–Crippen MR) is 80.9 cm³/mol. The molecule has 0 atom stereocenters. The SMILES string of the molecule is Nc1nc2ccc(S(=O)(=O)c3cccc(Cl)c3)cc2s1. The number of hydrogen-bond donors (Lipinski definition) is 1. The van der Waals surface area contributed by atoms with Gasteiger partial charge in [0.2, 0.25) is 9.84 Å². The number of anilines is 1. The molecule has 0 saturated heterocycles. The first-order valence-electron chi connectivity index (χ1n) is 5.63. The molecule has 2 aromatic carbocycles. The van der Waals surface area contributed by atoms with Crippen LogP contribution in [0, 0.1) is 0 Å². The minimum absolute atomic E-state index is 0.168. The van der Waals surface area contributed by atoms with E-state index in [2.05, 4.69) is 4.98 Å². The van der Waals surface area contributed by atoms with E-state index in [9.17, 15) is 8.42 Å². The van der Waals surface area contributed by atoms with Crippen LogP contribution in [0.25, 0.3) is 10.2 Å². The van der Waals surface area contributed by atoms with Crippen molar-refractivity contribution in [1.82, 2.24) is 4.98 Å². The number of benzene rings is 2. The molecule has 1 aromatic heterocycles. The molecule has 0 aliphatic heterocycles. The first kappa shape index (κ1) is 13.4. The van der Waals surface area contributed by atoms with Crippen LogP contribution in [0.2, 0.25) is 5.02 Å². The molecule has 0 radical (unpaired) electrons. The van der Waals surface area contributed by atoms with Crippen LogP contribution in [0.3, 0.4) is 0 Å². The highest BCUT2D eigenvalue weighted by Gasteiger charge is 2.18. The van der Waals surface area contributed by atoms with Crippen molar-refractivity contribution < 1.29 is 8.42 Å². The second-order valence-corrected chi connectivity index (χ2v) is 7.59. The molecule has 0 aliphatic rings. The van der Waals surface area contributed by atoms with Gasteiger partial charge in [-0.2, -0.15) is 0 Å². The van der Waals surface area contributed by atoms with Crippen molar-refractivity contribution in [3.05, 3.63) is 47.5 Å². The summed E-state index contributed by atoms with van der Waals surface area (Å²) in [6.07, 6.45) is 0. The topological polar surface area (TPSA) is 73.0 Å². The summed E-state index contributed by atoms with van der Waals surface area (Å²) < 4.78 is 25.8. The van der Waals surface area contributed by atoms with E-state index in [0.29, 0.717) is 15.7 Å². The Morgan fingerprint density at radius 3 is 2.60 bits per heavy atom. The molecule has 0 unspecified atom stereocenters. The first-order valence-corrected chi connectivity index (χ1v) is 8.31. The average molecular weight is 325 g/mol. The zero-order valence-electron chi connectivity index (χ0n) is 10.1. The summed E-state index contributed by atoms with van der Waals surface area (Å²) in [5, 5.41) is 0.798. The lowest BCUT2D eigenvalue weighted by Crippen LogP contribution is -2.01. The number of nitrogen functional groups attached to an aromatic ring is 1. The van der Waals surface area contributed by atoms with Gasteiger partial charge in [0, 0.05) is 5.02 Å². The van der Waals surface area contributed by atoms with E-state index in [1.165, 1.54) is 29.5 Å². The average Bonchev–Trinajstić information content (AvgIpc) is 2.77. The highest BCUT2D eigenvalue weighted by Crippen LogP contribution is 2.29. The second kappa shape index (κ2) is 4.73. The highest BCUT2D eigenvalue weighted by atomic mass is 35.5. The monoisotopic (exact) mass is 324 g/mol. The van der Waals surface area contributed by atoms with Crippen molar-refractivity contribution >= 4 is 48.1 Å². The Morgan fingerprint density at radius 1 is 1.10 bits per heavy atom. The van der Waals surface area contributed by atoms with Gasteiger partial charge < -0.3 is 5.73 Å². The first-order chi connectivity index (χ1) is 9.46. The second-order valence-electron chi connectivity index (χ2n) is 4.14. The summed E-state index contributed by atoms with van der Waals surface area (Å²) in [6, 6.07) is 11.0. The molecule has 3 aromatic rings. The Bertz CT molecular complexity index is 904. The van der Waals surface area contributed by atoms with Crippen molar-refractivity contribution in [2.75, 3.05) is 5.73 Å². The summed E-state index contributed by atoms with van der Waals surface area (Å²) in [5.41, 5.74) is 6.31. The normalized spacial score (nSPS) is 11.8. The van der Waals surface area contributed by atoms with Crippen LogP contribution < -0.4 is 5.73 Å². The van der Waals surface area contributed by atoms with E-state index < -0.39 is 9.84 Å². The number of fused-ring (bicyclic) bond motifs is 1. The number of aromatic nitrogens is 1. The van der Waals surface area contributed by atoms with E-state index in [1.807, 2.05) is 0 Å². The largest absolute Gasteiger partial charge is 0.375 e. The molecule has 0 saturated carbocycles. The zero-order chi connectivity index (χ0) is 14.3. The number of nitrogens with zero attached hydrogens (tertiary/aromatic N) is 1. The molecule has 3 rings (SSSR count). The fourth-order valence-electron chi connectivity index (χ4n) is 1.86. The molecular formula is C13H9ClN2O2S2. The Hall–Kier alpha value is -1.63. The number of hydrogen-bond acceptors (Lipinski definition) is 5. The third-order valence-electron chi connectivity index (χ3n) is 2.79. The molecule has 0 aliphatic carbocycles. The molecule has 4 nitrogen and oxygen atoms in total. The van der Waals surface area contributed by atoms with Gasteiger partial charge in [-0.15, -0.1) is 0 Å². The number of rotatable bonds is 2. The van der Waals surface area contributed by atoms with Gasteiger partial charge in [0.25, 0.3) is 0 Å². The molecule has 1 heterocycles. The molecule has 0 fully saturated rings. The van der Waals surface area contributed by atoms with Gasteiger partial charge >= 0.3 is 0 Å². The van der Waals surface area contributed by atoms with Gasteiger partial charge in [-0.05, 0) is 36.4 Å². The fourth-order valence-corrected chi connectivity index (χ4v) is 4.30. The van der Waals surface area contributed by atoms with Crippen molar-refractivity contribution in [1.29, 1.82) is 0 Å².